The number of alkyl halides is 3. The van der Waals surface area contributed by atoms with E-state index in [4.69, 9.17) is 0 Å². The number of nitrogens with one attached hydrogen (secondary N) is 2. The number of amides is 2. The summed E-state index contributed by atoms with van der Waals surface area (Å²) < 4.78 is 40.4. The van der Waals surface area contributed by atoms with Crippen molar-refractivity contribution in [2.24, 2.45) is 11.3 Å². The van der Waals surface area contributed by atoms with E-state index in [9.17, 15) is 22.8 Å². The van der Waals surface area contributed by atoms with Gasteiger partial charge in [0.25, 0.3) is 0 Å². The first-order valence-electron chi connectivity index (χ1n) is 16.9. The molecule has 1 saturated heterocycles. The number of fused-ring (bicyclic) bond motifs is 1. The number of nitrogens with zero attached hydrogens (tertiary/aromatic N) is 3. The smallest absolute Gasteiger partial charge is 0.378 e. The number of piperidine rings is 1. The molecule has 2 amide bonds. The zero-order valence-corrected chi connectivity index (χ0v) is 29.1. The molecule has 2 N–H and O–H groups in total. The maximum atomic E-state index is 14.8. The number of aromatic amines is 1. The average molecular weight is 674 g/mol. The van der Waals surface area contributed by atoms with Crippen LogP contribution in [0.15, 0.2) is 72.8 Å². The molecule has 1 aliphatic carbocycles. The summed E-state index contributed by atoms with van der Waals surface area (Å²) in [7, 11) is 5.87. The molecule has 3 aromatic carbocycles. The summed E-state index contributed by atoms with van der Waals surface area (Å²) in [5, 5.41) is 4.26. The van der Waals surface area contributed by atoms with Crippen LogP contribution in [0.4, 0.5) is 24.5 Å². The number of aryl methyl sites for hydroxylation is 1. The fraction of sp³-hybridized carbons (Fsp3) is 0.436. The third-order valence-corrected chi connectivity index (χ3v) is 11.0. The fourth-order valence-electron chi connectivity index (χ4n) is 7.85. The lowest BCUT2D eigenvalue weighted by Crippen LogP contribution is -2.62. The standard InChI is InChI=1S/C39H46F3N5O2/c1-25-34(30-9-7-8-10-32(30)43-25)35-31(37(35,2)3)23-33(48)47(24-26-11-13-27(14-12-26)39(40,41)42)38(19-21-46(6)22-20-38)36(49)44-28-15-17-29(18-16-28)45(4)5/h7-18,31,35,43H,19-24H2,1-6H3,(H,44,49)/t31-,35+/m0/s1. The van der Waals surface area contributed by atoms with Crippen molar-refractivity contribution in [1.82, 2.24) is 14.8 Å². The van der Waals surface area contributed by atoms with Crippen LogP contribution in [-0.2, 0) is 22.3 Å². The van der Waals surface area contributed by atoms with E-state index in [1.807, 2.05) is 62.4 Å². The minimum absolute atomic E-state index is 0.0254. The molecule has 1 saturated carbocycles. The number of halogens is 3. The summed E-state index contributed by atoms with van der Waals surface area (Å²) in [6, 6.07) is 20.7. The van der Waals surface area contributed by atoms with Crippen molar-refractivity contribution in [3.63, 3.8) is 0 Å². The lowest BCUT2D eigenvalue weighted by molar-refractivity contribution is -0.150. The Labute approximate surface area is 286 Å². The number of benzene rings is 3. The number of H-pyrrole nitrogens is 1. The van der Waals surface area contributed by atoms with Crippen molar-refractivity contribution in [3.8, 4) is 0 Å². The van der Waals surface area contributed by atoms with E-state index in [0.29, 0.717) is 37.2 Å². The minimum Gasteiger partial charge on any atom is -0.378 e. The molecule has 6 rings (SSSR count). The number of carbonyl (C=O) groups is 2. The van der Waals surface area contributed by atoms with Gasteiger partial charge >= 0.3 is 6.18 Å². The van der Waals surface area contributed by atoms with Crippen molar-refractivity contribution in [2.45, 2.75) is 64.2 Å². The maximum Gasteiger partial charge on any atom is 0.416 e. The van der Waals surface area contributed by atoms with Gasteiger partial charge in [0.1, 0.15) is 5.54 Å². The summed E-state index contributed by atoms with van der Waals surface area (Å²) in [5.74, 6) is -0.283. The van der Waals surface area contributed by atoms with Gasteiger partial charge in [0.15, 0.2) is 0 Å². The van der Waals surface area contributed by atoms with Gasteiger partial charge in [0.05, 0.1) is 5.56 Å². The molecule has 0 spiro atoms. The van der Waals surface area contributed by atoms with Crippen LogP contribution >= 0.6 is 0 Å². The fourth-order valence-corrected chi connectivity index (χ4v) is 7.85. The molecule has 4 aromatic rings. The number of para-hydroxylation sites is 1. The lowest BCUT2D eigenvalue weighted by Gasteiger charge is -2.47. The van der Waals surface area contributed by atoms with E-state index in [0.717, 1.165) is 34.4 Å². The molecule has 2 atom stereocenters. The molecule has 2 fully saturated rings. The van der Waals surface area contributed by atoms with Gasteiger partial charge in [-0.3, -0.25) is 9.59 Å². The average Bonchev–Trinajstić information content (AvgIpc) is 3.40. The number of rotatable bonds is 9. The van der Waals surface area contributed by atoms with Crippen molar-refractivity contribution in [2.75, 3.05) is 44.4 Å². The summed E-state index contributed by atoms with van der Waals surface area (Å²) in [6.07, 6.45) is -3.45. The van der Waals surface area contributed by atoms with Crippen LogP contribution in [0.25, 0.3) is 10.9 Å². The van der Waals surface area contributed by atoms with Crippen LogP contribution in [-0.4, -0.2) is 66.4 Å². The van der Waals surface area contributed by atoms with Crippen LogP contribution in [0.2, 0.25) is 0 Å². The lowest BCUT2D eigenvalue weighted by atomic mass is 9.83. The largest absolute Gasteiger partial charge is 0.416 e. The van der Waals surface area contributed by atoms with E-state index < -0.39 is 17.3 Å². The van der Waals surface area contributed by atoms with Gasteiger partial charge in [0, 0.05) is 68.1 Å². The second-order valence-electron chi connectivity index (χ2n) is 14.7. The molecule has 2 aliphatic rings. The van der Waals surface area contributed by atoms with E-state index in [1.165, 1.54) is 17.7 Å². The summed E-state index contributed by atoms with van der Waals surface area (Å²) in [4.78, 5) is 38.6. The van der Waals surface area contributed by atoms with Gasteiger partial charge in [-0.25, -0.2) is 0 Å². The Kier molecular flexibility index (Phi) is 9.07. The Bertz CT molecular complexity index is 1820. The van der Waals surface area contributed by atoms with Crippen LogP contribution in [0.3, 0.4) is 0 Å². The molecular weight excluding hydrogens is 627 g/mol. The number of carbonyl (C=O) groups excluding carboxylic acids is 2. The van der Waals surface area contributed by atoms with Crippen LogP contribution < -0.4 is 10.2 Å². The van der Waals surface area contributed by atoms with Crippen LogP contribution in [0, 0.1) is 18.3 Å². The van der Waals surface area contributed by atoms with Gasteiger partial charge in [-0.15, -0.1) is 0 Å². The quantitative estimate of drug-likeness (QED) is 0.190. The molecule has 0 bridgehead atoms. The highest BCUT2D eigenvalue weighted by Gasteiger charge is 2.60. The molecule has 1 aromatic heterocycles. The summed E-state index contributed by atoms with van der Waals surface area (Å²) >= 11 is 0. The number of hydrogen-bond donors (Lipinski definition) is 2. The van der Waals surface area contributed by atoms with Gasteiger partial charge in [0.2, 0.25) is 11.8 Å². The zero-order valence-electron chi connectivity index (χ0n) is 29.1. The van der Waals surface area contributed by atoms with Gasteiger partial charge in [-0.2, -0.15) is 13.2 Å². The second kappa shape index (κ2) is 12.9. The normalized spacial score (nSPS) is 20.2. The number of anilines is 2. The molecule has 2 heterocycles. The highest BCUT2D eigenvalue weighted by atomic mass is 19.4. The van der Waals surface area contributed by atoms with E-state index in [2.05, 4.69) is 48.1 Å². The van der Waals surface area contributed by atoms with Gasteiger partial charge in [-0.1, -0.05) is 44.2 Å². The first-order valence-corrected chi connectivity index (χ1v) is 16.9. The molecule has 7 nitrogen and oxygen atoms in total. The monoisotopic (exact) mass is 673 g/mol. The molecular formula is C39H46F3N5O2. The summed E-state index contributed by atoms with van der Waals surface area (Å²) in [5.41, 5.74) is 3.41. The van der Waals surface area contributed by atoms with E-state index in [-0.39, 0.29) is 42.0 Å². The molecule has 260 valence electrons. The number of aromatic nitrogens is 1. The molecule has 49 heavy (non-hydrogen) atoms. The Balaban J connectivity index is 1.35. The highest BCUT2D eigenvalue weighted by Crippen LogP contribution is 2.67. The van der Waals surface area contributed by atoms with Crippen LogP contribution in [0.1, 0.15) is 61.4 Å². The van der Waals surface area contributed by atoms with Crippen LogP contribution in [0.5, 0.6) is 0 Å². The van der Waals surface area contributed by atoms with Crippen molar-refractivity contribution in [3.05, 3.63) is 95.2 Å². The predicted molar refractivity (Wildman–Crippen MR) is 189 cm³/mol. The van der Waals surface area contributed by atoms with Crippen molar-refractivity contribution >= 4 is 34.1 Å². The van der Waals surface area contributed by atoms with Gasteiger partial charge in [-0.05, 0) is 97.7 Å². The van der Waals surface area contributed by atoms with Gasteiger partial charge < -0.3 is 25.0 Å². The minimum atomic E-state index is -4.47. The highest BCUT2D eigenvalue weighted by molar-refractivity contribution is 6.01. The Morgan fingerprint density at radius 3 is 2.20 bits per heavy atom. The first-order chi connectivity index (χ1) is 23.1. The third kappa shape index (κ3) is 6.67. The topological polar surface area (TPSA) is 71.7 Å². The molecule has 0 radical (unpaired) electrons. The second-order valence-corrected chi connectivity index (χ2v) is 14.7. The Hall–Kier alpha value is -4.31. The summed E-state index contributed by atoms with van der Waals surface area (Å²) in [6.45, 7) is 7.66. The number of hydrogen-bond acceptors (Lipinski definition) is 4. The van der Waals surface area contributed by atoms with E-state index >= 15 is 0 Å². The molecule has 1 aliphatic heterocycles. The predicted octanol–water partition coefficient (Wildman–Crippen LogP) is 7.82. The molecule has 0 unspecified atom stereocenters. The van der Waals surface area contributed by atoms with Crippen molar-refractivity contribution in [1.29, 1.82) is 0 Å². The third-order valence-electron chi connectivity index (χ3n) is 11.0. The zero-order chi connectivity index (χ0) is 35.3. The van der Waals surface area contributed by atoms with Crippen molar-refractivity contribution < 1.29 is 22.8 Å². The maximum absolute atomic E-state index is 14.8. The SMILES string of the molecule is Cc1[nH]c2ccccc2c1[C@H]1[C@H](CC(=O)N(Cc2ccc(C(F)(F)F)cc2)C2(C(=O)Nc3ccc(N(C)C)cc3)CCN(C)CC2)C1(C)C. The Morgan fingerprint density at radius 2 is 1.59 bits per heavy atom. The van der Waals surface area contributed by atoms with E-state index in [1.54, 1.807) is 4.90 Å². The number of likely N-dealkylation sites (tertiary alicyclic amines) is 1. The first kappa shape index (κ1) is 34.5. The molecule has 10 heteroatoms. The Morgan fingerprint density at radius 1 is 0.959 bits per heavy atom.